The molecule has 7 nitrogen and oxygen atoms in total. The Hall–Kier alpha value is -3.22. The molecule has 0 aromatic heterocycles. The van der Waals surface area contributed by atoms with Gasteiger partial charge in [-0.3, -0.25) is 13.9 Å². The van der Waals surface area contributed by atoms with Crippen molar-refractivity contribution in [3.05, 3.63) is 128 Å². The number of sulfonamides is 1. The molecule has 0 radical (unpaired) electrons. The summed E-state index contributed by atoms with van der Waals surface area (Å²) in [7, 11) is -2.58. The summed E-state index contributed by atoms with van der Waals surface area (Å²) in [6, 6.07) is 31.0. The Bertz CT molecular complexity index is 1590. The lowest BCUT2D eigenvalue weighted by atomic mass is 10.0. The molecule has 4 aromatic carbocycles. The van der Waals surface area contributed by atoms with Crippen LogP contribution in [-0.4, -0.2) is 44.8 Å². The Labute approximate surface area is 262 Å². The number of nitrogens with one attached hydrogen (secondary N) is 1. The number of amides is 2. The van der Waals surface area contributed by atoms with Crippen LogP contribution in [0.3, 0.4) is 0 Å². The van der Waals surface area contributed by atoms with Gasteiger partial charge in [0.2, 0.25) is 11.8 Å². The highest BCUT2D eigenvalue weighted by Gasteiger charge is 2.34. The highest BCUT2D eigenvalue weighted by Crippen LogP contribution is 2.26. The Morgan fingerprint density at radius 2 is 1.46 bits per heavy atom. The number of benzene rings is 4. The van der Waals surface area contributed by atoms with Crippen LogP contribution in [0.2, 0.25) is 0 Å². The van der Waals surface area contributed by atoms with Crippen molar-refractivity contribution in [2.75, 3.05) is 17.9 Å². The van der Waals surface area contributed by atoms with Gasteiger partial charge in [0, 0.05) is 28.1 Å². The van der Waals surface area contributed by atoms with E-state index in [1.165, 1.54) is 24.1 Å². The first-order valence-corrected chi connectivity index (χ1v) is 16.1. The molecule has 41 heavy (non-hydrogen) atoms. The molecule has 1 N–H and O–H groups in total. The molecule has 0 saturated heterocycles. The third-order valence-corrected chi connectivity index (χ3v) is 9.48. The quantitative estimate of drug-likeness (QED) is 0.202. The first-order chi connectivity index (χ1) is 19.7. The maximum Gasteiger partial charge on any atom is 0.264 e. The average Bonchev–Trinajstić information content (AvgIpc) is 2.98. The Kier molecular flexibility index (Phi) is 10.6. The molecule has 0 heterocycles. The zero-order valence-corrected chi connectivity index (χ0v) is 26.8. The summed E-state index contributed by atoms with van der Waals surface area (Å²) in [4.78, 5) is 29.1. The molecule has 0 fully saturated rings. The molecule has 4 rings (SSSR count). The summed E-state index contributed by atoms with van der Waals surface area (Å²) >= 11 is 5.62. The van der Waals surface area contributed by atoms with Crippen molar-refractivity contribution in [3.63, 3.8) is 0 Å². The molecular weight excluding hydrogens is 717 g/mol. The lowest BCUT2D eigenvalue weighted by Gasteiger charge is -2.33. The first kappa shape index (κ1) is 30.7. The smallest absolute Gasteiger partial charge is 0.264 e. The van der Waals surface area contributed by atoms with Gasteiger partial charge in [0.15, 0.2) is 0 Å². The molecule has 0 unspecified atom stereocenters. The molecule has 0 aliphatic heterocycles. The SMILES string of the molecule is CNC(=O)[C@H](Cc1ccccc1)N(Cc1cccc(Br)c1)C(=O)CN(c1ccc(I)cc1)S(=O)(=O)c1ccccc1. The monoisotopic (exact) mass is 745 g/mol. The van der Waals surface area contributed by atoms with Gasteiger partial charge in [-0.25, -0.2) is 8.42 Å². The highest BCUT2D eigenvalue weighted by atomic mass is 127. The lowest BCUT2D eigenvalue weighted by molar-refractivity contribution is -0.139. The second-order valence-electron chi connectivity index (χ2n) is 9.27. The standard InChI is InChI=1S/C31H29BrIN3O4S/c1-34-31(38)29(20-23-9-4-2-5-10-23)35(21-24-11-8-12-25(32)19-24)30(37)22-36(27-17-15-26(33)16-18-27)41(39,40)28-13-6-3-7-14-28/h2-19,29H,20-22H2,1H3,(H,34,38)/t29-/m0/s1. The third kappa shape index (κ3) is 7.96. The van der Waals surface area contributed by atoms with Crippen molar-refractivity contribution in [1.29, 1.82) is 0 Å². The van der Waals surface area contributed by atoms with Crippen LogP contribution in [0.5, 0.6) is 0 Å². The molecular formula is C31H29BrIN3O4S. The predicted molar refractivity (Wildman–Crippen MR) is 173 cm³/mol. The van der Waals surface area contributed by atoms with Crippen LogP contribution >= 0.6 is 38.5 Å². The van der Waals surface area contributed by atoms with E-state index < -0.39 is 28.5 Å². The van der Waals surface area contributed by atoms with Crippen LogP contribution < -0.4 is 9.62 Å². The minimum atomic E-state index is -4.11. The zero-order valence-electron chi connectivity index (χ0n) is 22.3. The zero-order chi connectivity index (χ0) is 29.4. The van der Waals surface area contributed by atoms with Gasteiger partial charge in [0.05, 0.1) is 10.6 Å². The van der Waals surface area contributed by atoms with Crippen LogP contribution in [0, 0.1) is 3.57 Å². The predicted octanol–water partition coefficient (Wildman–Crippen LogP) is 5.64. The summed E-state index contributed by atoms with van der Waals surface area (Å²) in [6.45, 7) is -0.386. The average molecular weight is 746 g/mol. The second-order valence-corrected chi connectivity index (χ2v) is 13.3. The fourth-order valence-corrected chi connectivity index (χ4v) is 6.65. The minimum absolute atomic E-state index is 0.0667. The summed E-state index contributed by atoms with van der Waals surface area (Å²) < 4.78 is 30.7. The maximum absolute atomic E-state index is 14.2. The highest BCUT2D eigenvalue weighted by molar-refractivity contribution is 14.1. The van der Waals surface area contributed by atoms with E-state index in [1.54, 1.807) is 42.5 Å². The van der Waals surface area contributed by atoms with Crippen molar-refractivity contribution < 1.29 is 18.0 Å². The molecule has 10 heteroatoms. The van der Waals surface area contributed by atoms with Crippen LogP contribution in [-0.2, 0) is 32.6 Å². The van der Waals surface area contributed by atoms with Crippen molar-refractivity contribution in [2.24, 2.45) is 0 Å². The Balaban J connectivity index is 1.78. The van der Waals surface area contributed by atoms with Gasteiger partial charge in [-0.15, -0.1) is 0 Å². The third-order valence-electron chi connectivity index (χ3n) is 6.48. The Morgan fingerprint density at radius 1 is 0.854 bits per heavy atom. The number of nitrogens with zero attached hydrogens (tertiary/aromatic N) is 2. The first-order valence-electron chi connectivity index (χ1n) is 12.8. The second kappa shape index (κ2) is 14.1. The summed E-state index contributed by atoms with van der Waals surface area (Å²) in [5, 5.41) is 2.69. The van der Waals surface area contributed by atoms with Gasteiger partial charge in [-0.1, -0.05) is 76.6 Å². The van der Waals surface area contributed by atoms with Gasteiger partial charge in [-0.2, -0.15) is 0 Å². The number of anilines is 1. The van der Waals surface area contributed by atoms with E-state index in [1.807, 2.05) is 54.6 Å². The van der Waals surface area contributed by atoms with Crippen LogP contribution in [0.15, 0.2) is 119 Å². The number of halogens is 2. The van der Waals surface area contributed by atoms with Gasteiger partial charge < -0.3 is 10.2 Å². The van der Waals surface area contributed by atoms with Crippen molar-refractivity contribution in [3.8, 4) is 0 Å². The normalized spacial score (nSPS) is 11.9. The fraction of sp³-hybridized carbons (Fsp3) is 0.161. The van der Waals surface area contributed by atoms with E-state index in [0.29, 0.717) is 5.69 Å². The molecule has 0 bridgehead atoms. The van der Waals surface area contributed by atoms with E-state index in [4.69, 9.17) is 0 Å². The van der Waals surface area contributed by atoms with Crippen molar-refractivity contribution in [2.45, 2.75) is 23.9 Å². The largest absolute Gasteiger partial charge is 0.357 e. The fourth-order valence-electron chi connectivity index (χ4n) is 4.41. The van der Waals surface area contributed by atoms with E-state index in [2.05, 4.69) is 43.8 Å². The van der Waals surface area contributed by atoms with Gasteiger partial charge in [0.25, 0.3) is 10.0 Å². The van der Waals surface area contributed by atoms with E-state index >= 15 is 0 Å². The van der Waals surface area contributed by atoms with E-state index in [-0.39, 0.29) is 23.8 Å². The molecule has 0 aliphatic carbocycles. The molecule has 1 atom stereocenters. The van der Waals surface area contributed by atoms with Crippen molar-refractivity contribution >= 4 is 66.0 Å². The van der Waals surface area contributed by atoms with Crippen LogP contribution in [0.25, 0.3) is 0 Å². The molecule has 0 aliphatic rings. The number of hydrogen-bond donors (Lipinski definition) is 1. The molecule has 2 amide bonds. The minimum Gasteiger partial charge on any atom is -0.357 e. The summed E-state index contributed by atoms with van der Waals surface area (Å²) in [5.74, 6) is -0.850. The van der Waals surface area contributed by atoms with Crippen LogP contribution in [0.4, 0.5) is 5.69 Å². The summed E-state index contributed by atoms with van der Waals surface area (Å²) in [5.41, 5.74) is 2.02. The van der Waals surface area contributed by atoms with Crippen LogP contribution in [0.1, 0.15) is 11.1 Å². The summed E-state index contributed by atoms with van der Waals surface area (Å²) in [6.07, 6.45) is 0.259. The van der Waals surface area contributed by atoms with Gasteiger partial charge in [0.1, 0.15) is 12.6 Å². The topological polar surface area (TPSA) is 86.8 Å². The number of rotatable bonds is 11. The van der Waals surface area contributed by atoms with Gasteiger partial charge in [-0.05, 0) is 82.2 Å². The number of hydrogen-bond acceptors (Lipinski definition) is 4. The molecule has 0 saturated carbocycles. The Morgan fingerprint density at radius 3 is 2.07 bits per heavy atom. The number of carbonyl (C=O) groups is 2. The molecule has 0 spiro atoms. The lowest BCUT2D eigenvalue weighted by Crippen LogP contribution is -2.53. The maximum atomic E-state index is 14.2. The molecule has 4 aromatic rings. The number of carbonyl (C=O) groups excluding carboxylic acids is 2. The van der Waals surface area contributed by atoms with E-state index in [0.717, 1.165) is 23.5 Å². The van der Waals surface area contributed by atoms with E-state index in [9.17, 15) is 18.0 Å². The van der Waals surface area contributed by atoms with Crippen molar-refractivity contribution in [1.82, 2.24) is 10.2 Å². The van der Waals surface area contributed by atoms with Gasteiger partial charge >= 0.3 is 0 Å². The number of likely N-dealkylation sites (N-methyl/N-ethyl adjacent to an activating group) is 1. The molecule has 212 valence electrons.